The summed E-state index contributed by atoms with van der Waals surface area (Å²) < 4.78 is 13.3. The first-order chi connectivity index (χ1) is 8.81. The Morgan fingerprint density at radius 2 is 1.68 bits per heavy atom. The van der Waals surface area contributed by atoms with E-state index in [1.165, 1.54) is 19.1 Å². The Bertz CT molecular complexity index is 430. The van der Waals surface area contributed by atoms with E-state index in [1.54, 1.807) is 6.07 Å². The highest BCUT2D eigenvalue weighted by atomic mass is 19.1. The predicted molar refractivity (Wildman–Crippen MR) is 78.3 cm³/mol. The van der Waals surface area contributed by atoms with E-state index in [9.17, 15) is 9.18 Å². The smallest absolute Gasteiger partial charge is 0.161 e. The number of hydrogen-bond donors (Lipinski definition) is 0. The minimum Gasteiger partial charge on any atom is -0.370 e. The number of carbonyl (C=O) groups excluding carboxylic acids is 1. The molecule has 1 aromatic carbocycles. The molecular weight excluding hydrogens is 241 g/mol. The molecule has 0 bridgehead atoms. The lowest BCUT2D eigenvalue weighted by molar-refractivity contribution is 0.101. The Hall–Kier alpha value is -1.38. The van der Waals surface area contributed by atoms with Crippen LogP contribution >= 0.6 is 0 Å². The minimum absolute atomic E-state index is 0.0907. The lowest BCUT2D eigenvalue weighted by atomic mass is 10.0. The van der Waals surface area contributed by atoms with Crippen LogP contribution in [0.4, 0.5) is 10.1 Å². The molecule has 0 spiro atoms. The van der Waals surface area contributed by atoms with E-state index >= 15 is 0 Å². The monoisotopic (exact) mass is 265 g/mol. The van der Waals surface area contributed by atoms with Crippen LogP contribution in [-0.4, -0.2) is 18.9 Å². The molecule has 1 aromatic rings. The van der Waals surface area contributed by atoms with E-state index in [0.29, 0.717) is 17.4 Å². The van der Waals surface area contributed by atoms with Crippen molar-refractivity contribution in [2.45, 2.75) is 34.6 Å². The molecule has 0 aromatic heterocycles. The summed E-state index contributed by atoms with van der Waals surface area (Å²) in [7, 11) is 0. The third-order valence-electron chi connectivity index (χ3n) is 2.85. The fraction of sp³-hybridized carbons (Fsp3) is 0.562. The zero-order valence-electron chi connectivity index (χ0n) is 12.5. The summed E-state index contributed by atoms with van der Waals surface area (Å²) in [4.78, 5) is 13.9. The van der Waals surface area contributed by atoms with Crippen molar-refractivity contribution in [3.63, 3.8) is 0 Å². The largest absolute Gasteiger partial charge is 0.370 e. The summed E-state index contributed by atoms with van der Waals surface area (Å²) in [5, 5.41) is 0. The Morgan fingerprint density at radius 3 is 2.11 bits per heavy atom. The first-order valence-electron chi connectivity index (χ1n) is 6.86. The van der Waals surface area contributed by atoms with Crippen molar-refractivity contribution in [1.29, 1.82) is 0 Å². The Labute approximate surface area is 115 Å². The highest BCUT2D eigenvalue weighted by molar-refractivity contribution is 5.99. The van der Waals surface area contributed by atoms with Crippen molar-refractivity contribution in [3.05, 3.63) is 29.6 Å². The Kier molecular flexibility index (Phi) is 5.52. The van der Waals surface area contributed by atoms with Crippen molar-refractivity contribution in [2.24, 2.45) is 11.8 Å². The average Bonchev–Trinajstić information content (AvgIpc) is 2.26. The maximum absolute atomic E-state index is 13.3. The Balaban J connectivity index is 3.16. The van der Waals surface area contributed by atoms with Crippen LogP contribution in [-0.2, 0) is 0 Å². The number of benzene rings is 1. The van der Waals surface area contributed by atoms with Crippen molar-refractivity contribution in [1.82, 2.24) is 0 Å². The van der Waals surface area contributed by atoms with Gasteiger partial charge in [-0.05, 0) is 37.0 Å². The van der Waals surface area contributed by atoms with Crippen molar-refractivity contribution in [3.8, 4) is 0 Å². The zero-order valence-corrected chi connectivity index (χ0v) is 12.5. The molecule has 0 atom stereocenters. The van der Waals surface area contributed by atoms with E-state index in [4.69, 9.17) is 0 Å². The molecule has 0 aliphatic rings. The number of rotatable bonds is 6. The first-order valence-corrected chi connectivity index (χ1v) is 6.86. The van der Waals surface area contributed by atoms with Crippen LogP contribution in [0.1, 0.15) is 45.0 Å². The van der Waals surface area contributed by atoms with Gasteiger partial charge < -0.3 is 4.90 Å². The van der Waals surface area contributed by atoms with Gasteiger partial charge in [0.2, 0.25) is 0 Å². The van der Waals surface area contributed by atoms with Gasteiger partial charge in [-0.2, -0.15) is 0 Å². The molecule has 0 amide bonds. The molecule has 1 rings (SSSR count). The molecule has 2 nitrogen and oxygen atoms in total. The zero-order chi connectivity index (χ0) is 14.6. The molecule has 0 fully saturated rings. The quantitative estimate of drug-likeness (QED) is 0.720. The summed E-state index contributed by atoms with van der Waals surface area (Å²) in [6, 6.07) is 4.48. The van der Waals surface area contributed by atoms with Gasteiger partial charge in [0.05, 0.1) is 0 Å². The summed E-state index contributed by atoms with van der Waals surface area (Å²) in [5.41, 5.74) is 1.32. The molecule has 0 radical (unpaired) electrons. The molecule has 106 valence electrons. The van der Waals surface area contributed by atoms with Gasteiger partial charge >= 0.3 is 0 Å². The number of ketones is 1. The topological polar surface area (TPSA) is 20.3 Å². The second-order valence-electron chi connectivity index (χ2n) is 5.91. The SMILES string of the molecule is CC(=O)c1cc(F)ccc1N(CC(C)C)CC(C)C. The maximum atomic E-state index is 13.3. The van der Waals surface area contributed by atoms with E-state index in [0.717, 1.165) is 18.8 Å². The predicted octanol–water partition coefficient (Wildman–Crippen LogP) is 4.15. The van der Waals surface area contributed by atoms with E-state index < -0.39 is 0 Å². The van der Waals surface area contributed by atoms with Gasteiger partial charge in [0.25, 0.3) is 0 Å². The number of carbonyl (C=O) groups is 1. The molecule has 19 heavy (non-hydrogen) atoms. The second kappa shape index (κ2) is 6.69. The number of nitrogens with zero attached hydrogens (tertiary/aromatic N) is 1. The lowest BCUT2D eigenvalue weighted by Crippen LogP contribution is -2.32. The van der Waals surface area contributed by atoms with E-state index in [1.807, 2.05) is 0 Å². The normalized spacial score (nSPS) is 11.2. The summed E-state index contributed by atoms with van der Waals surface area (Å²) >= 11 is 0. The maximum Gasteiger partial charge on any atom is 0.161 e. The van der Waals surface area contributed by atoms with Crippen LogP contribution in [0.5, 0.6) is 0 Å². The van der Waals surface area contributed by atoms with Crippen LogP contribution < -0.4 is 4.90 Å². The number of hydrogen-bond acceptors (Lipinski definition) is 2. The highest BCUT2D eigenvalue weighted by Crippen LogP contribution is 2.24. The van der Waals surface area contributed by atoms with Crippen LogP contribution in [0, 0.1) is 17.7 Å². The third-order valence-corrected chi connectivity index (χ3v) is 2.85. The van der Waals surface area contributed by atoms with Gasteiger partial charge in [-0.25, -0.2) is 4.39 Å². The summed E-state index contributed by atoms with van der Waals surface area (Å²) in [5.74, 6) is 0.530. The summed E-state index contributed by atoms with van der Waals surface area (Å²) in [6.07, 6.45) is 0. The van der Waals surface area contributed by atoms with Gasteiger partial charge in [-0.1, -0.05) is 27.7 Å². The first kappa shape index (κ1) is 15.7. The molecule has 3 heteroatoms. The van der Waals surface area contributed by atoms with Crippen LogP contribution in [0.25, 0.3) is 0 Å². The van der Waals surface area contributed by atoms with Gasteiger partial charge in [-0.3, -0.25) is 4.79 Å². The molecule has 0 unspecified atom stereocenters. The second-order valence-corrected chi connectivity index (χ2v) is 5.91. The van der Waals surface area contributed by atoms with Gasteiger partial charge in [0.1, 0.15) is 5.82 Å². The molecule has 0 aliphatic heterocycles. The van der Waals surface area contributed by atoms with Gasteiger partial charge in [0, 0.05) is 24.3 Å². The molecule has 0 N–H and O–H groups in total. The molecule has 0 aliphatic carbocycles. The fourth-order valence-corrected chi connectivity index (χ4v) is 2.22. The van der Waals surface area contributed by atoms with Crippen LogP contribution in [0.2, 0.25) is 0 Å². The van der Waals surface area contributed by atoms with Crippen molar-refractivity contribution in [2.75, 3.05) is 18.0 Å². The van der Waals surface area contributed by atoms with Crippen molar-refractivity contribution >= 4 is 11.5 Å². The number of Topliss-reactive ketones (excluding diaryl/α,β-unsaturated/α-hetero) is 1. The Morgan fingerprint density at radius 1 is 1.16 bits per heavy atom. The molecule has 0 heterocycles. The standard InChI is InChI=1S/C16H24FNO/c1-11(2)9-18(10-12(3)4)16-7-6-14(17)8-15(16)13(5)19/h6-8,11-12H,9-10H2,1-5H3. The number of anilines is 1. The van der Waals surface area contributed by atoms with E-state index in [2.05, 4.69) is 32.6 Å². The van der Waals surface area contributed by atoms with Gasteiger partial charge in [0.15, 0.2) is 5.78 Å². The minimum atomic E-state index is -0.358. The van der Waals surface area contributed by atoms with Crippen LogP contribution in [0.15, 0.2) is 18.2 Å². The highest BCUT2D eigenvalue weighted by Gasteiger charge is 2.17. The number of halogens is 1. The molecule has 0 saturated heterocycles. The summed E-state index contributed by atoms with van der Waals surface area (Å²) in [6.45, 7) is 11.8. The third kappa shape index (κ3) is 4.66. The fourth-order valence-electron chi connectivity index (χ4n) is 2.22. The molecular formula is C16H24FNO. The van der Waals surface area contributed by atoms with E-state index in [-0.39, 0.29) is 11.6 Å². The average molecular weight is 265 g/mol. The van der Waals surface area contributed by atoms with Gasteiger partial charge in [-0.15, -0.1) is 0 Å². The van der Waals surface area contributed by atoms with Crippen LogP contribution in [0.3, 0.4) is 0 Å². The molecule has 0 saturated carbocycles. The lowest BCUT2D eigenvalue weighted by Gasteiger charge is -2.30. The van der Waals surface area contributed by atoms with Crippen molar-refractivity contribution < 1.29 is 9.18 Å².